The quantitative estimate of drug-likeness (QED) is 0.871. The molecule has 1 aliphatic heterocycles. The predicted molar refractivity (Wildman–Crippen MR) is 101 cm³/mol. The van der Waals surface area contributed by atoms with E-state index in [9.17, 15) is 9.59 Å². The lowest BCUT2D eigenvalue weighted by molar-refractivity contribution is -0.136. The number of rotatable bonds is 5. The van der Waals surface area contributed by atoms with Crippen molar-refractivity contribution in [2.45, 2.75) is 19.8 Å². The number of carboxylic acid groups (broad SMARTS) is 1. The van der Waals surface area contributed by atoms with E-state index >= 15 is 0 Å². The van der Waals surface area contributed by atoms with E-state index in [1.165, 1.54) is 6.92 Å². The summed E-state index contributed by atoms with van der Waals surface area (Å²) in [5.74, 6) is -0.902. The fourth-order valence-corrected chi connectivity index (χ4v) is 2.90. The highest BCUT2D eigenvalue weighted by Crippen LogP contribution is 2.22. The second-order valence-corrected chi connectivity index (χ2v) is 6.21. The first-order valence-corrected chi connectivity index (χ1v) is 8.45. The first kappa shape index (κ1) is 17.6. The van der Waals surface area contributed by atoms with E-state index in [1.54, 1.807) is 0 Å². The predicted octanol–water partition coefficient (Wildman–Crippen LogP) is 3.19. The maximum atomic E-state index is 11.2. The van der Waals surface area contributed by atoms with Gasteiger partial charge in [-0.05, 0) is 28.3 Å². The van der Waals surface area contributed by atoms with Gasteiger partial charge in [-0.15, -0.1) is 0 Å². The Morgan fingerprint density at radius 1 is 1.00 bits per heavy atom. The number of hydrogen-bond acceptors (Lipinski definition) is 3. The molecular formula is C21H20N2O3. The molecule has 3 rings (SSSR count). The number of aliphatic carboxylic acids is 1. The number of carboxylic acids is 1. The normalized spacial score (nSPS) is 13.6. The molecule has 0 atom stereocenters. The number of hydrogen-bond donors (Lipinski definition) is 2. The first-order valence-electron chi connectivity index (χ1n) is 8.45. The average molecular weight is 348 g/mol. The zero-order valence-corrected chi connectivity index (χ0v) is 14.5. The summed E-state index contributed by atoms with van der Waals surface area (Å²) in [6.45, 7) is 2.16. The molecule has 2 aromatic carbocycles. The van der Waals surface area contributed by atoms with Crippen LogP contribution in [0.25, 0.3) is 11.1 Å². The topological polar surface area (TPSA) is 78.8 Å². The van der Waals surface area contributed by atoms with Crippen LogP contribution in [0.2, 0.25) is 0 Å². The van der Waals surface area contributed by atoms with E-state index in [1.807, 2.05) is 54.6 Å². The minimum absolute atomic E-state index is 0.0298. The number of dihydropyridines is 1. The summed E-state index contributed by atoms with van der Waals surface area (Å²) in [5, 5.41) is 11.7. The molecule has 0 fully saturated rings. The molecule has 5 nitrogen and oxygen atoms in total. The SMILES string of the molecule is CC(=O)NC1=CC(c2ccc(-c3ccc(CC(=O)O)cc3)cc2)=NCC1. The summed E-state index contributed by atoms with van der Waals surface area (Å²) in [6, 6.07) is 15.6. The molecule has 5 heteroatoms. The lowest BCUT2D eigenvalue weighted by Crippen LogP contribution is -2.23. The van der Waals surface area contributed by atoms with Crippen LogP contribution in [0.15, 0.2) is 65.3 Å². The van der Waals surface area contributed by atoms with Crippen LogP contribution in [0.3, 0.4) is 0 Å². The minimum Gasteiger partial charge on any atom is -0.481 e. The third-order valence-corrected chi connectivity index (χ3v) is 4.13. The zero-order chi connectivity index (χ0) is 18.5. The van der Waals surface area contributed by atoms with Gasteiger partial charge in [0.15, 0.2) is 0 Å². The smallest absolute Gasteiger partial charge is 0.307 e. The Morgan fingerprint density at radius 3 is 2.15 bits per heavy atom. The van der Waals surface area contributed by atoms with Crippen molar-refractivity contribution in [3.8, 4) is 11.1 Å². The zero-order valence-electron chi connectivity index (χ0n) is 14.5. The van der Waals surface area contributed by atoms with Crippen molar-refractivity contribution in [1.29, 1.82) is 0 Å². The van der Waals surface area contributed by atoms with Crippen LogP contribution in [-0.2, 0) is 16.0 Å². The van der Waals surface area contributed by atoms with E-state index < -0.39 is 5.97 Å². The van der Waals surface area contributed by atoms with Crippen LogP contribution >= 0.6 is 0 Å². The molecule has 0 bridgehead atoms. The molecule has 1 amide bonds. The summed E-state index contributed by atoms with van der Waals surface area (Å²) in [7, 11) is 0. The number of nitrogens with one attached hydrogen (secondary N) is 1. The van der Waals surface area contributed by atoms with Crippen molar-refractivity contribution in [3.63, 3.8) is 0 Å². The third-order valence-electron chi connectivity index (χ3n) is 4.13. The number of amides is 1. The van der Waals surface area contributed by atoms with Gasteiger partial charge < -0.3 is 10.4 Å². The van der Waals surface area contributed by atoms with Crippen molar-refractivity contribution < 1.29 is 14.7 Å². The fraction of sp³-hybridized carbons (Fsp3) is 0.190. The van der Waals surface area contributed by atoms with Gasteiger partial charge in [-0.2, -0.15) is 0 Å². The molecule has 1 aliphatic rings. The van der Waals surface area contributed by atoms with E-state index in [0.717, 1.165) is 40.1 Å². The van der Waals surface area contributed by atoms with Crippen LogP contribution < -0.4 is 5.32 Å². The molecule has 26 heavy (non-hydrogen) atoms. The van der Waals surface area contributed by atoms with Crippen molar-refractivity contribution in [2.24, 2.45) is 4.99 Å². The summed E-state index contributed by atoms with van der Waals surface area (Å²) < 4.78 is 0. The highest BCUT2D eigenvalue weighted by atomic mass is 16.4. The molecule has 0 saturated carbocycles. The second kappa shape index (κ2) is 7.78. The fourth-order valence-electron chi connectivity index (χ4n) is 2.90. The van der Waals surface area contributed by atoms with E-state index in [4.69, 9.17) is 5.11 Å². The lowest BCUT2D eigenvalue weighted by Gasteiger charge is -2.14. The molecule has 2 N–H and O–H groups in total. The Hall–Kier alpha value is -3.21. The maximum Gasteiger partial charge on any atom is 0.307 e. The van der Waals surface area contributed by atoms with Crippen molar-refractivity contribution >= 4 is 17.6 Å². The Balaban J connectivity index is 1.76. The van der Waals surface area contributed by atoms with Crippen molar-refractivity contribution in [2.75, 3.05) is 6.54 Å². The number of nitrogens with zero attached hydrogens (tertiary/aromatic N) is 1. The third kappa shape index (κ3) is 4.45. The Morgan fingerprint density at radius 2 is 1.58 bits per heavy atom. The Bertz CT molecular complexity index is 878. The molecule has 0 aliphatic carbocycles. The van der Waals surface area contributed by atoms with Crippen LogP contribution in [0.4, 0.5) is 0 Å². The van der Waals surface area contributed by atoms with E-state index in [-0.39, 0.29) is 12.3 Å². The van der Waals surface area contributed by atoms with Crippen LogP contribution in [0, 0.1) is 0 Å². The van der Waals surface area contributed by atoms with Crippen LogP contribution in [0.1, 0.15) is 24.5 Å². The monoisotopic (exact) mass is 348 g/mol. The molecule has 0 spiro atoms. The number of carbonyl (C=O) groups excluding carboxylic acids is 1. The molecule has 2 aromatic rings. The highest BCUT2D eigenvalue weighted by molar-refractivity contribution is 6.09. The van der Waals surface area contributed by atoms with Crippen molar-refractivity contribution in [1.82, 2.24) is 5.32 Å². The van der Waals surface area contributed by atoms with Crippen LogP contribution in [0.5, 0.6) is 0 Å². The summed E-state index contributed by atoms with van der Waals surface area (Å²) >= 11 is 0. The maximum absolute atomic E-state index is 11.2. The molecule has 0 saturated heterocycles. The van der Waals surface area contributed by atoms with Gasteiger partial charge in [-0.25, -0.2) is 0 Å². The summed E-state index contributed by atoms with van der Waals surface area (Å²) in [4.78, 5) is 26.5. The highest BCUT2D eigenvalue weighted by Gasteiger charge is 2.10. The Labute approximate surface area is 152 Å². The lowest BCUT2D eigenvalue weighted by atomic mass is 9.99. The molecule has 0 radical (unpaired) electrons. The Kier molecular flexibility index (Phi) is 5.27. The average Bonchev–Trinajstić information content (AvgIpc) is 2.62. The molecule has 0 aromatic heterocycles. The van der Waals surface area contributed by atoms with E-state index in [0.29, 0.717) is 6.54 Å². The van der Waals surface area contributed by atoms with Gasteiger partial charge in [0.05, 0.1) is 12.1 Å². The van der Waals surface area contributed by atoms with Gasteiger partial charge in [0.1, 0.15) is 0 Å². The number of carbonyl (C=O) groups is 2. The first-order chi connectivity index (χ1) is 12.5. The molecule has 1 heterocycles. The van der Waals surface area contributed by atoms with Gasteiger partial charge in [0.2, 0.25) is 5.91 Å². The summed E-state index contributed by atoms with van der Waals surface area (Å²) in [5.41, 5.74) is 5.62. The van der Waals surface area contributed by atoms with Crippen molar-refractivity contribution in [3.05, 3.63) is 71.4 Å². The van der Waals surface area contributed by atoms with Crippen LogP contribution in [-0.4, -0.2) is 29.2 Å². The van der Waals surface area contributed by atoms with Gasteiger partial charge in [-0.1, -0.05) is 48.5 Å². The number of benzene rings is 2. The van der Waals surface area contributed by atoms with Gasteiger partial charge in [0.25, 0.3) is 0 Å². The molecule has 132 valence electrons. The summed E-state index contributed by atoms with van der Waals surface area (Å²) in [6.07, 6.45) is 2.69. The number of aliphatic imine (C=N–C) groups is 1. The van der Waals surface area contributed by atoms with Gasteiger partial charge >= 0.3 is 5.97 Å². The second-order valence-electron chi connectivity index (χ2n) is 6.21. The van der Waals surface area contributed by atoms with E-state index in [2.05, 4.69) is 10.3 Å². The minimum atomic E-state index is -0.831. The number of allylic oxidation sites excluding steroid dienone is 1. The van der Waals surface area contributed by atoms with Gasteiger partial charge in [0, 0.05) is 25.6 Å². The molecule has 0 unspecified atom stereocenters. The molecular weight excluding hydrogens is 328 g/mol. The largest absolute Gasteiger partial charge is 0.481 e. The standard InChI is InChI=1S/C21H20N2O3/c1-14(24)23-19-10-11-22-20(13-19)18-8-6-17(7-9-18)16-4-2-15(3-5-16)12-21(25)26/h2-9,13H,10-12H2,1H3,(H,23,24)(H,25,26). The van der Waals surface area contributed by atoms with Gasteiger partial charge in [-0.3, -0.25) is 14.6 Å².